The molecule has 1 amide bonds. The number of aromatic nitrogens is 2. The molecule has 0 unspecified atom stereocenters. The summed E-state index contributed by atoms with van der Waals surface area (Å²) in [7, 11) is 3.23. The van der Waals surface area contributed by atoms with Crippen LogP contribution in [0.25, 0.3) is 0 Å². The molecule has 0 spiro atoms. The molecule has 0 saturated carbocycles. The molecule has 0 aromatic carbocycles. The fourth-order valence-electron chi connectivity index (χ4n) is 1.72. The standard InChI is InChI=1S/C11H18N4O2/c1-8-12-6-7-15(8)11(2,3)9(13-17)10(16)14(4)5/h6-7,17H,1-5H3. The maximum absolute atomic E-state index is 11.9. The van der Waals surface area contributed by atoms with Crippen LogP contribution in [0, 0.1) is 6.92 Å². The first kappa shape index (κ1) is 13.2. The lowest BCUT2D eigenvalue weighted by Crippen LogP contribution is -2.45. The zero-order chi connectivity index (χ0) is 13.2. The number of imidazole rings is 1. The van der Waals surface area contributed by atoms with E-state index >= 15 is 0 Å². The van der Waals surface area contributed by atoms with Gasteiger partial charge < -0.3 is 14.7 Å². The third-order valence-corrected chi connectivity index (χ3v) is 2.72. The minimum atomic E-state index is -0.753. The van der Waals surface area contributed by atoms with E-state index in [9.17, 15) is 4.79 Å². The Bertz CT molecular complexity index is 446. The highest BCUT2D eigenvalue weighted by atomic mass is 16.4. The molecule has 0 bridgehead atoms. The van der Waals surface area contributed by atoms with Gasteiger partial charge in [0.25, 0.3) is 5.91 Å². The Morgan fingerprint density at radius 3 is 2.47 bits per heavy atom. The van der Waals surface area contributed by atoms with E-state index < -0.39 is 5.54 Å². The summed E-state index contributed by atoms with van der Waals surface area (Å²) < 4.78 is 1.80. The smallest absolute Gasteiger partial charge is 0.273 e. The summed E-state index contributed by atoms with van der Waals surface area (Å²) in [5.41, 5.74) is -0.681. The van der Waals surface area contributed by atoms with Crippen LogP contribution in [0.5, 0.6) is 0 Å². The van der Waals surface area contributed by atoms with Crippen molar-refractivity contribution in [1.82, 2.24) is 14.5 Å². The van der Waals surface area contributed by atoms with Gasteiger partial charge in [-0.05, 0) is 20.8 Å². The van der Waals surface area contributed by atoms with Crippen molar-refractivity contribution in [2.75, 3.05) is 14.1 Å². The Labute approximate surface area is 101 Å². The number of amides is 1. The van der Waals surface area contributed by atoms with Crippen molar-refractivity contribution < 1.29 is 10.0 Å². The highest BCUT2D eigenvalue weighted by molar-refractivity contribution is 6.41. The molecule has 1 heterocycles. The molecule has 0 fully saturated rings. The van der Waals surface area contributed by atoms with Crippen LogP contribution in [-0.4, -0.2) is 45.4 Å². The average molecular weight is 238 g/mol. The second kappa shape index (κ2) is 4.57. The summed E-state index contributed by atoms with van der Waals surface area (Å²) in [5, 5.41) is 12.2. The minimum absolute atomic E-state index is 0.0728. The fourth-order valence-corrected chi connectivity index (χ4v) is 1.72. The molecular weight excluding hydrogens is 220 g/mol. The number of oxime groups is 1. The Balaban J connectivity index is 3.21. The molecule has 0 radical (unpaired) electrons. The van der Waals surface area contributed by atoms with Crippen LogP contribution in [0.3, 0.4) is 0 Å². The van der Waals surface area contributed by atoms with Crippen molar-refractivity contribution in [2.45, 2.75) is 26.3 Å². The van der Waals surface area contributed by atoms with Gasteiger partial charge in [-0.3, -0.25) is 4.79 Å². The molecule has 0 aliphatic carbocycles. The SMILES string of the molecule is Cc1nccn1C(C)(C)C(=NO)C(=O)N(C)C. The molecule has 0 saturated heterocycles. The molecule has 1 aromatic rings. The van der Waals surface area contributed by atoms with Crippen molar-refractivity contribution >= 4 is 11.6 Å². The highest BCUT2D eigenvalue weighted by Gasteiger charge is 2.34. The summed E-state index contributed by atoms with van der Waals surface area (Å²) in [6.45, 7) is 5.44. The van der Waals surface area contributed by atoms with Crippen molar-refractivity contribution in [1.29, 1.82) is 0 Å². The van der Waals surface area contributed by atoms with Gasteiger partial charge in [0.05, 0.1) is 5.54 Å². The van der Waals surface area contributed by atoms with Crippen LogP contribution in [0.2, 0.25) is 0 Å². The maximum Gasteiger partial charge on any atom is 0.273 e. The zero-order valence-electron chi connectivity index (χ0n) is 10.8. The molecule has 0 aliphatic heterocycles. The molecule has 1 N–H and O–H groups in total. The van der Waals surface area contributed by atoms with Crippen LogP contribution in [0.1, 0.15) is 19.7 Å². The Morgan fingerprint density at radius 2 is 2.12 bits per heavy atom. The Hall–Kier alpha value is -1.85. The predicted molar refractivity (Wildman–Crippen MR) is 64.2 cm³/mol. The van der Waals surface area contributed by atoms with E-state index in [1.165, 1.54) is 4.90 Å². The number of nitrogens with zero attached hydrogens (tertiary/aromatic N) is 4. The summed E-state index contributed by atoms with van der Waals surface area (Å²) in [6.07, 6.45) is 3.40. The van der Waals surface area contributed by atoms with E-state index in [4.69, 9.17) is 5.21 Å². The van der Waals surface area contributed by atoms with Gasteiger partial charge in [0.2, 0.25) is 0 Å². The average Bonchev–Trinajstić information content (AvgIpc) is 2.65. The first-order chi connectivity index (χ1) is 7.82. The van der Waals surface area contributed by atoms with Crippen LogP contribution < -0.4 is 0 Å². The monoisotopic (exact) mass is 238 g/mol. The van der Waals surface area contributed by atoms with Crippen LogP contribution in [0.4, 0.5) is 0 Å². The lowest BCUT2D eigenvalue weighted by Gasteiger charge is -2.29. The predicted octanol–water partition coefficient (Wildman–Crippen LogP) is 0.845. The first-order valence-corrected chi connectivity index (χ1v) is 5.27. The topological polar surface area (TPSA) is 70.7 Å². The largest absolute Gasteiger partial charge is 0.410 e. The normalized spacial score (nSPS) is 12.6. The van der Waals surface area contributed by atoms with Gasteiger partial charge in [0.15, 0.2) is 5.71 Å². The third-order valence-electron chi connectivity index (χ3n) is 2.72. The Kier molecular flexibility index (Phi) is 3.55. The third kappa shape index (κ3) is 2.30. The van der Waals surface area contributed by atoms with E-state index in [1.54, 1.807) is 44.9 Å². The quantitative estimate of drug-likeness (QED) is 0.482. The fraction of sp³-hybridized carbons (Fsp3) is 0.545. The van der Waals surface area contributed by atoms with Crippen molar-refractivity contribution in [3.05, 3.63) is 18.2 Å². The molecular formula is C11H18N4O2. The number of carbonyl (C=O) groups excluding carboxylic acids is 1. The number of hydrogen-bond donors (Lipinski definition) is 1. The summed E-state index contributed by atoms with van der Waals surface area (Å²) in [6, 6.07) is 0. The van der Waals surface area contributed by atoms with Crippen LogP contribution >= 0.6 is 0 Å². The molecule has 1 rings (SSSR count). The van der Waals surface area contributed by atoms with Crippen molar-refractivity contribution in [3.8, 4) is 0 Å². The summed E-state index contributed by atoms with van der Waals surface area (Å²) in [4.78, 5) is 17.4. The molecule has 17 heavy (non-hydrogen) atoms. The molecule has 1 aromatic heterocycles. The van der Waals surface area contributed by atoms with Crippen LogP contribution in [-0.2, 0) is 10.3 Å². The van der Waals surface area contributed by atoms with E-state index in [1.807, 2.05) is 6.92 Å². The van der Waals surface area contributed by atoms with Gasteiger partial charge in [-0.1, -0.05) is 5.16 Å². The number of carbonyl (C=O) groups is 1. The second-order valence-electron chi connectivity index (χ2n) is 4.55. The van der Waals surface area contributed by atoms with Gasteiger partial charge in [-0.2, -0.15) is 0 Å². The molecule has 0 atom stereocenters. The first-order valence-electron chi connectivity index (χ1n) is 5.27. The number of hydrogen-bond acceptors (Lipinski definition) is 4. The molecule has 94 valence electrons. The van der Waals surface area contributed by atoms with Crippen molar-refractivity contribution in [3.63, 3.8) is 0 Å². The number of rotatable bonds is 3. The maximum atomic E-state index is 11.9. The molecule has 6 nitrogen and oxygen atoms in total. The Morgan fingerprint density at radius 1 is 1.53 bits per heavy atom. The zero-order valence-corrected chi connectivity index (χ0v) is 10.8. The summed E-state index contributed by atoms with van der Waals surface area (Å²) in [5.74, 6) is 0.424. The van der Waals surface area contributed by atoms with E-state index in [2.05, 4.69) is 10.1 Å². The highest BCUT2D eigenvalue weighted by Crippen LogP contribution is 2.20. The lowest BCUT2D eigenvalue weighted by atomic mass is 9.96. The second-order valence-corrected chi connectivity index (χ2v) is 4.55. The summed E-state index contributed by atoms with van der Waals surface area (Å²) >= 11 is 0. The van der Waals surface area contributed by atoms with E-state index in [0.29, 0.717) is 0 Å². The molecule has 6 heteroatoms. The van der Waals surface area contributed by atoms with E-state index in [-0.39, 0.29) is 11.6 Å². The molecule has 0 aliphatic rings. The van der Waals surface area contributed by atoms with E-state index in [0.717, 1.165) is 5.82 Å². The van der Waals surface area contributed by atoms with Crippen molar-refractivity contribution in [2.24, 2.45) is 5.16 Å². The lowest BCUT2D eigenvalue weighted by molar-refractivity contribution is -0.122. The van der Waals surface area contributed by atoms with Gasteiger partial charge >= 0.3 is 0 Å². The minimum Gasteiger partial charge on any atom is -0.410 e. The van der Waals surface area contributed by atoms with Gasteiger partial charge in [0, 0.05) is 26.5 Å². The van der Waals surface area contributed by atoms with Gasteiger partial charge in [-0.25, -0.2) is 4.98 Å². The van der Waals surface area contributed by atoms with Crippen LogP contribution in [0.15, 0.2) is 17.5 Å². The number of aryl methyl sites for hydroxylation is 1. The van der Waals surface area contributed by atoms with Gasteiger partial charge in [0.1, 0.15) is 5.82 Å². The van der Waals surface area contributed by atoms with Gasteiger partial charge in [-0.15, -0.1) is 0 Å².